The molecule has 0 saturated carbocycles. The number of benzene rings is 1. The first kappa shape index (κ1) is 15.9. The maximum absolute atomic E-state index is 12.6. The van der Waals surface area contributed by atoms with Gasteiger partial charge in [-0.1, -0.05) is 12.1 Å². The van der Waals surface area contributed by atoms with Gasteiger partial charge in [0.15, 0.2) is 0 Å². The first-order valence-corrected chi connectivity index (χ1v) is 7.44. The zero-order chi connectivity index (χ0) is 15.1. The van der Waals surface area contributed by atoms with Crippen LogP contribution in [0.1, 0.15) is 25.3 Å². The Hall–Kier alpha value is -1.43. The van der Waals surface area contributed by atoms with Gasteiger partial charge in [0.05, 0.1) is 6.61 Å². The van der Waals surface area contributed by atoms with Crippen molar-refractivity contribution in [3.63, 3.8) is 0 Å². The van der Waals surface area contributed by atoms with E-state index >= 15 is 0 Å². The first-order valence-electron chi connectivity index (χ1n) is 7.44. The van der Waals surface area contributed by atoms with E-state index in [-0.39, 0.29) is 5.91 Å². The van der Waals surface area contributed by atoms with Gasteiger partial charge in [-0.2, -0.15) is 0 Å². The lowest BCUT2D eigenvalue weighted by atomic mass is 9.91. The van der Waals surface area contributed by atoms with Crippen molar-refractivity contribution >= 4 is 11.6 Å². The van der Waals surface area contributed by atoms with Crippen LogP contribution in [0.15, 0.2) is 24.3 Å². The van der Waals surface area contributed by atoms with E-state index in [1.165, 1.54) is 0 Å². The number of nitrogens with one attached hydrogen (secondary N) is 2. The van der Waals surface area contributed by atoms with Gasteiger partial charge in [-0.05, 0) is 50.6 Å². The quantitative estimate of drug-likeness (QED) is 0.841. The number of rotatable bonds is 6. The molecule has 2 N–H and O–H groups in total. The fourth-order valence-corrected chi connectivity index (χ4v) is 2.56. The summed E-state index contributed by atoms with van der Waals surface area (Å²) in [5.74, 6) is -0.0694. The van der Waals surface area contributed by atoms with Gasteiger partial charge in [-0.3, -0.25) is 4.79 Å². The Labute approximate surface area is 126 Å². The van der Waals surface area contributed by atoms with E-state index in [2.05, 4.69) is 10.6 Å². The lowest BCUT2D eigenvalue weighted by molar-refractivity contribution is -0.140. The van der Waals surface area contributed by atoms with Crippen LogP contribution in [-0.2, 0) is 20.9 Å². The fourth-order valence-electron chi connectivity index (χ4n) is 2.56. The SMILES string of the molecule is CCOCc1cccc(NC(=O)C2(OC)CCNCC2)c1. The van der Waals surface area contributed by atoms with Crippen molar-refractivity contribution in [2.75, 3.05) is 32.1 Å². The average molecular weight is 292 g/mol. The molecule has 0 bridgehead atoms. The molecule has 5 nitrogen and oxygen atoms in total. The van der Waals surface area contributed by atoms with Crippen LogP contribution in [0, 0.1) is 0 Å². The maximum Gasteiger partial charge on any atom is 0.256 e. The molecule has 1 aliphatic heterocycles. The summed E-state index contributed by atoms with van der Waals surface area (Å²) in [7, 11) is 1.61. The molecule has 0 aliphatic carbocycles. The summed E-state index contributed by atoms with van der Waals surface area (Å²) < 4.78 is 10.9. The third-order valence-electron chi connectivity index (χ3n) is 3.87. The molecule has 116 valence electrons. The fraction of sp³-hybridized carbons (Fsp3) is 0.562. The minimum atomic E-state index is -0.721. The Bertz CT molecular complexity index is 470. The zero-order valence-electron chi connectivity index (χ0n) is 12.8. The van der Waals surface area contributed by atoms with Crippen molar-refractivity contribution in [1.82, 2.24) is 5.32 Å². The van der Waals surface area contributed by atoms with Crippen LogP contribution in [0.4, 0.5) is 5.69 Å². The van der Waals surface area contributed by atoms with Crippen LogP contribution in [0.25, 0.3) is 0 Å². The third kappa shape index (κ3) is 4.03. The Morgan fingerprint density at radius 3 is 2.81 bits per heavy atom. The predicted octanol–water partition coefficient (Wildman–Crippen LogP) is 1.93. The summed E-state index contributed by atoms with van der Waals surface area (Å²) in [6.45, 7) is 4.79. The number of amides is 1. The van der Waals surface area contributed by atoms with E-state index in [0.29, 0.717) is 26.1 Å². The largest absolute Gasteiger partial charge is 0.377 e. The highest BCUT2D eigenvalue weighted by Crippen LogP contribution is 2.24. The van der Waals surface area contributed by atoms with Crippen molar-refractivity contribution in [3.8, 4) is 0 Å². The molecule has 1 aliphatic rings. The number of carbonyl (C=O) groups is 1. The maximum atomic E-state index is 12.6. The standard InChI is InChI=1S/C16H24N2O3/c1-3-21-12-13-5-4-6-14(11-13)18-15(19)16(20-2)7-9-17-10-8-16/h4-6,11,17H,3,7-10,12H2,1-2H3,(H,18,19). The monoisotopic (exact) mass is 292 g/mol. The first-order chi connectivity index (χ1) is 10.2. The van der Waals surface area contributed by atoms with Crippen LogP contribution in [0.3, 0.4) is 0 Å². The van der Waals surface area contributed by atoms with Crippen molar-refractivity contribution in [1.29, 1.82) is 0 Å². The van der Waals surface area contributed by atoms with Gasteiger partial charge in [0.2, 0.25) is 0 Å². The Kier molecular flexibility index (Phi) is 5.73. The summed E-state index contributed by atoms with van der Waals surface area (Å²) in [5.41, 5.74) is 1.11. The van der Waals surface area contributed by atoms with Crippen molar-refractivity contribution in [2.45, 2.75) is 32.0 Å². The summed E-state index contributed by atoms with van der Waals surface area (Å²) in [5, 5.41) is 6.22. The van der Waals surface area contributed by atoms with Gasteiger partial charge in [0.1, 0.15) is 5.60 Å². The molecule has 2 rings (SSSR count). The molecule has 5 heteroatoms. The van der Waals surface area contributed by atoms with E-state index < -0.39 is 5.60 Å². The highest BCUT2D eigenvalue weighted by molar-refractivity contribution is 5.97. The zero-order valence-corrected chi connectivity index (χ0v) is 12.8. The van der Waals surface area contributed by atoms with Crippen LogP contribution >= 0.6 is 0 Å². The Balaban J connectivity index is 2.04. The second-order valence-electron chi connectivity index (χ2n) is 5.24. The Morgan fingerprint density at radius 1 is 1.38 bits per heavy atom. The number of hydrogen-bond donors (Lipinski definition) is 2. The topological polar surface area (TPSA) is 59.6 Å². The predicted molar refractivity (Wildman–Crippen MR) is 82.2 cm³/mol. The smallest absolute Gasteiger partial charge is 0.256 e. The molecule has 0 atom stereocenters. The van der Waals surface area contributed by atoms with Gasteiger partial charge in [-0.25, -0.2) is 0 Å². The van der Waals surface area contributed by atoms with E-state index in [0.717, 1.165) is 24.3 Å². The van der Waals surface area contributed by atoms with Crippen molar-refractivity contribution in [3.05, 3.63) is 29.8 Å². The second kappa shape index (κ2) is 7.54. The molecule has 1 saturated heterocycles. The minimum absolute atomic E-state index is 0.0694. The average Bonchev–Trinajstić information content (AvgIpc) is 2.54. The van der Waals surface area contributed by atoms with Gasteiger partial charge >= 0.3 is 0 Å². The van der Waals surface area contributed by atoms with Gasteiger partial charge < -0.3 is 20.1 Å². The summed E-state index contributed by atoms with van der Waals surface area (Å²) in [6.07, 6.45) is 1.38. The minimum Gasteiger partial charge on any atom is -0.377 e. The van der Waals surface area contributed by atoms with E-state index in [1.807, 2.05) is 31.2 Å². The van der Waals surface area contributed by atoms with Crippen LogP contribution in [0.5, 0.6) is 0 Å². The molecule has 1 amide bonds. The van der Waals surface area contributed by atoms with Gasteiger partial charge in [0.25, 0.3) is 5.91 Å². The van der Waals surface area contributed by atoms with Crippen LogP contribution < -0.4 is 10.6 Å². The van der Waals surface area contributed by atoms with E-state index in [9.17, 15) is 4.79 Å². The lowest BCUT2D eigenvalue weighted by Crippen LogP contribution is -2.51. The number of ether oxygens (including phenoxy) is 2. The molecular weight excluding hydrogens is 268 g/mol. The molecule has 0 spiro atoms. The van der Waals surface area contributed by atoms with Crippen LogP contribution in [-0.4, -0.2) is 38.3 Å². The Morgan fingerprint density at radius 2 is 2.14 bits per heavy atom. The third-order valence-corrected chi connectivity index (χ3v) is 3.87. The molecule has 0 unspecified atom stereocenters. The molecule has 1 fully saturated rings. The molecule has 0 radical (unpaired) electrons. The summed E-state index contributed by atoms with van der Waals surface area (Å²) in [6, 6.07) is 7.74. The summed E-state index contributed by atoms with van der Waals surface area (Å²) in [4.78, 5) is 12.6. The molecule has 1 heterocycles. The molecule has 0 aromatic heterocycles. The highest BCUT2D eigenvalue weighted by Gasteiger charge is 2.39. The molecule has 1 aromatic carbocycles. The number of carbonyl (C=O) groups excluding carboxylic acids is 1. The molecule has 21 heavy (non-hydrogen) atoms. The van der Waals surface area contributed by atoms with E-state index in [1.54, 1.807) is 7.11 Å². The van der Waals surface area contributed by atoms with E-state index in [4.69, 9.17) is 9.47 Å². The molecular formula is C16H24N2O3. The number of methoxy groups -OCH3 is 1. The highest BCUT2D eigenvalue weighted by atomic mass is 16.5. The van der Waals surface area contributed by atoms with Gasteiger partial charge in [-0.15, -0.1) is 0 Å². The summed E-state index contributed by atoms with van der Waals surface area (Å²) >= 11 is 0. The van der Waals surface area contributed by atoms with Crippen molar-refractivity contribution < 1.29 is 14.3 Å². The number of piperidine rings is 1. The normalized spacial score (nSPS) is 17.4. The van der Waals surface area contributed by atoms with Crippen molar-refractivity contribution in [2.24, 2.45) is 0 Å². The lowest BCUT2D eigenvalue weighted by Gasteiger charge is -2.34. The van der Waals surface area contributed by atoms with Gasteiger partial charge in [0, 0.05) is 19.4 Å². The van der Waals surface area contributed by atoms with Crippen LogP contribution in [0.2, 0.25) is 0 Å². The molecule has 1 aromatic rings. The second-order valence-corrected chi connectivity index (χ2v) is 5.24. The number of anilines is 1. The number of hydrogen-bond acceptors (Lipinski definition) is 4.